The van der Waals surface area contributed by atoms with Crippen molar-refractivity contribution < 1.29 is 9.18 Å². The molecule has 4 rings (SSSR count). The van der Waals surface area contributed by atoms with Gasteiger partial charge in [0.05, 0.1) is 0 Å². The van der Waals surface area contributed by atoms with Crippen molar-refractivity contribution in [2.24, 2.45) is 0 Å². The molecule has 2 amide bonds. The van der Waals surface area contributed by atoms with Crippen LogP contribution in [0.25, 0.3) is 11.2 Å². The van der Waals surface area contributed by atoms with Crippen LogP contribution in [0.2, 0.25) is 0 Å². The zero-order chi connectivity index (χ0) is 18.1. The molecule has 6 nitrogen and oxygen atoms in total. The molecule has 1 atom stereocenters. The fourth-order valence-corrected chi connectivity index (χ4v) is 3.49. The molecule has 1 saturated heterocycles. The number of benzene rings is 1. The zero-order valence-corrected chi connectivity index (χ0v) is 14.5. The summed E-state index contributed by atoms with van der Waals surface area (Å²) >= 11 is 0. The molecule has 1 aromatic carbocycles. The van der Waals surface area contributed by atoms with Crippen LogP contribution < -0.4 is 5.32 Å². The van der Waals surface area contributed by atoms with Crippen LogP contribution >= 0.6 is 0 Å². The number of carbonyl (C=O) groups excluding carboxylic acids is 1. The van der Waals surface area contributed by atoms with Gasteiger partial charge in [0.25, 0.3) is 0 Å². The Balaban J connectivity index is 1.50. The summed E-state index contributed by atoms with van der Waals surface area (Å²) in [4.78, 5) is 23.5. The highest BCUT2D eigenvalue weighted by atomic mass is 19.1. The second kappa shape index (κ2) is 6.74. The lowest BCUT2D eigenvalue weighted by Crippen LogP contribution is -2.33. The molecular weight excluding hydrogens is 333 g/mol. The first-order chi connectivity index (χ1) is 12.7. The lowest BCUT2D eigenvalue weighted by Gasteiger charge is -2.17. The summed E-state index contributed by atoms with van der Waals surface area (Å²) in [6.07, 6.45) is 2.64. The second-order valence-corrected chi connectivity index (χ2v) is 6.43. The lowest BCUT2D eigenvalue weighted by atomic mass is 10.1. The molecule has 0 aliphatic carbocycles. The minimum Gasteiger partial charge on any atom is -0.324 e. The number of pyridine rings is 1. The molecule has 26 heavy (non-hydrogen) atoms. The first-order valence-corrected chi connectivity index (χ1v) is 8.78. The Bertz CT molecular complexity index is 937. The van der Waals surface area contributed by atoms with Crippen LogP contribution in [-0.2, 0) is 6.54 Å². The number of nitrogens with zero attached hydrogens (tertiary/aromatic N) is 4. The van der Waals surface area contributed by atoms with Crippen molar-refractivity contribution in [2.75, 3.05) is 18.4 Å². The minimum absolute atomic E-state index is 0.170. The predicted molar refractivity (Wildman–Crippen MR) is 97.6 cm³/mol. The van der Waals surface area contributed by atoms with Gasteiger partial charge in [-0.3, -0.25) is 0 Å². The van der Waals surface area contributed by atoms with E-state index in [4.69, 9.17) is 4.98 Å². The van der Waals surface area contributed by atoms with E-state index in [1.54, 1.807) is 23.2 Å². The van der Waals surface area contributed by atoms with E-state index in [1.165, 1.54) is 12.1 Å². The Morgan fingerprint density at radius 3 is 2.88 bits per heavy atom. The summed E-state index contributed by atoms with van der Waals surface area (Å²) < 4.78 is 15.1. The number of hydrogen-bond acceptors (Lipinski definition) is 3. The number of aromatic nitrogens is 3. The Morgan fingerprint density at radius 2 is 2.12 bits per heavy atom. The van der Waals surface area contributed by atoms with Gasteiger partial charge < -0.3 is 14.8 Å². The predicted octanol–water partition coefficient (Wildman–Crippen LogP) is 3.61. The molecule has 3 heterocycles. The molecule has 2 aromatic heterocycles. The zero-order valence-electron chi connectivity index (χ0n) is 14.5. The highest BCUT2D eigenvalue weighted by molar-refractivity contribution is 5.89. The quantitative estimate of drug-likeness (QED) is 0.782. The van der Waals surface area contributed by atoms with Gasteiger partial charge in [0.1, 0.15) is 17.2 Å². The molecule has 0 saturated carbocycles. The summed E-state index contributed by atoms with van der Waals surface area (Å²) in [5.41, 5.74) is 2.36. The van der Waals surface area contributed by atoms with E-state index in [-0.39, 0.29) is 17.8 Å². The fourth-order valence-electron chi connectivity index (χ4n) is 3.49. The van der Waals surface area contributed by atoms with E-state index in [0.29, 0.717) is 18.8 Å². The van der Waals surface area contributed by atoms with E-state index >= 15 is 0 Å². The normalized spacial score (nSPS) is 17.0. The molecule has 1 unspecified atom stereocenters. The Hall–Kier alpha value is -2.96. The van der Waals surface area contributed by atoms with E-state index in [9.17, 15) is 9.18 Å². The molecule has 1 fully saturated rings. The third-order valence-corrected chi connectivity index (χ3v) is 4.79. The highest BCUT2D eigenvalue weighted by Crippen LogP contribution is 2.29. The summed E-state index contributed by atoms with van der Waals surface area (Å²) in [6, 6.07) is 9.46. The standard InChI is InChI=1S/C19H20FN5O/c1-2-25-17(23-16-4-3-10-21-18(16)25)13-9-11-24(12-13)19(26)22-15-7-5-14(20)6-8-15/h3-8,10,13H,2,9,11-12H2,1H3,(H,22,26). The van der Waals surface area contributed by atoms with Crippen molar-refractivity contribution in [1.82, 2.24) is 19.4 Å². The van der Waals surface area contributed by atoms with Gasteiger partial charge in [-0.15, -0.1) is 0 Å². The van der Waals surface area contributed by atoms with Gasteiger partial charge in [0, 0.05) is 37.4 Å². The number of nitrogens with one attached hydrogen (secondary N) is 1. The molecule has 0 spiro atoms. The van der Waals surface area contributed by atoms with Crippen LogP contribution in [0.4, 0.5) is 14.9 Å². The molecule has 0 bridgehead atoms. The van der Waals surface area contributed by atoms with Gasteiger partial charge in [-0.1, -0.05) is 0 Å². The molecule has 7 heteroatoms. The number of imidazole rings is 1. The number of aryl methyl sites for hydroxylation is 1. The largest absolute Gasteiger partial charge is 0.324 e. The molecule has 1 N–H and O–H groups in total. The summed E-state index contributed by atoms with van der Waals surface area (Å²) in [5, 5.41) is 2.82. The Kier molecular flexibility index (Phi) is 4.28. The number of urea groups is 1. The molecule has 0 radical (unpaired) electrons. The molecule has 1 aliphatic heterocycles. The van der Waals surface area contributed by atoms with Crippen molar-refractivity contribution in [1.29, 1.82) is 0 Å². The van der Waals surface area contributed by atoms with Gasteiger partial charge in [-0.25, -0.2) is 19.2 Å². The average molecular weight is 353 g/mol. The van der Waals surface area contributed by atoms with Crippen LogP contribution in [0.3, 0.4) is 0 Å². The second-order valence-electron chi connectivity index (χ2n) is 6.43. The van der Waals surface area contributed by atoms with Crippen molar-refractivity contribution in [3.8, 4) is 0 Å². The first kappa shape index (κ1) is 16.5. The highest BCUT2D eigenvalue weighted by Gasteiger charge is 2.31. The van der Waals surface area contributed by atoms with E-state index in [1.807, 2.05) is 12.1 Å². The molecule has 134 valence electrons. The topological polar surface area (TPSA) is 63.1 Å². The van der Waals surface area contributed by atoms with Crippen molar-refractivity contribution in [3.05, 3.63) is 54.2 Å². The number of anilines is 1. The van der Waals surface area contributed by atoms with Crippen LogP contribution in [0.1, 0.15) is 25.1 Å². The van der Waals surface area contributed by atoms with Gasteiger partial charge in [-0.05, 0) is 49.7 Å². The summed E-state index contributed by atoms with van der Waals surface area (Å²) in [5.74, 6) is 0.845. The van der Waals surface area contributed by atoms with Crippen molar-refractivity contribution >= 4 is 22.9 Å². The lowest BCUT2D eigenvalue weighted by molar-refractivity contribution is 0.222. The Labute approximate surface area is 150 Å². The number of rotatable bonds is 3. The minimum atomic E-state index is -0.323. The fraction of sp³-hybridized carbons (Fsp3) is 0.316. The number of carbonyl (C=O) groups is 1. The van der Waals surface area contributed by atoms with Gasteiger partial charge in [-0.2, -0.15) is 0 Å². The van der Waals surface area contributed by atoms with Crippen LogP contribution in [0.5, 0.6) is 0 Å². The summed E-state index contributed by atoms with van der Waals surface area (Å²) in [6.45, 7) is 4.14. The smallest absolute Gasteiger partial charge is 0.321 e. The monoisotopic (exact) mass is 353 g/mol. The van der Waals surface area contributed by atoms with Gasteiger partial charge >= 0.3 is 6.03 Å². The van der Waals surface area contributed by atoms with E-state index < -0.39 is 0 Å². The maximum Gasteiger partial charge on any atom is 0.321 e. The van der Waals surface area contributed by atoms with Crippen molar-refractivity contribution in [2.45, 2.75) is 25.8 Å². The number of hydrogen-bond donors (Lipinski definition) is 1. The first-order valence-electron chi connectivity index (χ1n) is 8.78. The third-order valence-electron chi connectivity index (χ3n) is 4.79. The number of halogens is 1. The van der Waals surface area contributed by atoms with Gasteiger partial charge in [0.15, 0.2) is 5.65 Å². The third kappa shape index (κ3) is 3.00. The maximum absolute atomic E-state index is 13.0. The van der Waals surface area contributed by atoms with E-state index in [0.717, 1.165) is 30.0 Å². The van der Waals surface area contributed by atoms with Crippen molar-refractivity contribution in [3.63, 3.8) is 0 Å². The van der Waals surface area contributed by atoms with Crippen LogP contribution in [0.15, 0.2) is 42.6 Å². The average Bonchev–Trinajstić information content (AvgIpc) is 3.27. The van der Waals surface area contributed by atoms with Crippen LogP contribution in [0, 0.1) is 5.82 Å². The molecule has 3 aromatic rings. The number of likely N-dealkylation sites (tertiary alicyclic amines) is 1. The number of fused-ring (bicyclic) bond motifs is 1. The van der Waals surface area contributed by atoms with E-state index in [2.05, 4.69) is 21.8 Å². The molecular formula is C19H20FN5O. The van der Waals surface area contributed by atoms with Crippen LogP contribution in [-0.4, -0.2) is 38.6 Å². The summed E-state index contributed by atoms with van der Waals surface area (Å²) in [7, 11) is 0. The maximum atomic E-state index is 13.0. The molecule has 1 aliphatic rings. The van der Waals surface area contributed by atoms with Gasteiger partial charge in [0.2, 0.25) is 0 Å². The number of amides is 2. The Morgan fingerprint density at radius 1 is 1.31 bits per heavy atom. The SMILES string of the molecule is CCn1c(C2CCN(C(=O)Nc3ccc(F)cc3)C2)nc2cccnc21.